The molecular formula is C56H94O12Si2. The molecule has 0 amide bonds. The van der Waals surface area contributed by atoms with E-state index in [2.05, 4.69) is 94.7 Å². The molecule has 0 bridgehead atoms. The third-order valence-corrected chi connectivity index (χ3v) is 25.6. The molecule has 14 heteroatoms. The van der Waals surface area contributed by atoms with Crippen LogP contribution >= 0.6 is 0 Å². The van der Waals surface area contributed by atoms with Gasteiger partial charge in [-0.3, -0.25) is 9.59 Å². The second-order valence-electron chi connectivity index (χ2n) is 25.0. The van der Waals surface area contributed by atoms with Crippen molar-refractivity contribution >= 4 is 28.6 Å². The van der Waals surface area contributed by atoms with Crippen molar-refractivity contribution in [2.75, 3.05) is 27.4 Å². The molecule has 4 heterocycles. The first-order chi connectivity index (χ1) is 32.5. The number of fused-ring (bicyclic) bond motifs is 1. The van der Waals surface area contributed by atoms with Gasteiger partial charge >= 0.3 is 11.9 Å². The Morgan fingerprint density at radius 3 is 2.06 bits per heavy atom. The van der Waals surface area contributed by atoms with Crippen molar-refractivity contribution < 1.29 is 56.3 Å². The largest absolute Gasteiger partial charge is 0.497 e. The highest BCUT2D eigenvalue weighted by atomic mass is 28.4. The third kappa shape index (κ3) is 14.9. The number of rotatable bonds is 20. The lowest BCUT2D eigenvalue weighted by atomic mass is 9.78. The van der Waals surface area contributed by atoms with Crippen molar-refractivity contribution in [3.63, 3.8) is 0 Å². The first-order valence-electron chi connectivity index (χ1n) is 26.3. The van der Waals surface area contributed by atoms with Gasteiger partial charge in [0.2, 0.25) is 0 Å². The molecule has 4 aliphatic rings. The van der Waals surface area contributed by atoms with Crippen molar-refractivity contribution in [2.45, 2.75) is 231 Å². The lowest BCUT2D eigenvalue weighted by molar-refractivity contribution is -0.276. The number of esters is 2. The number of benzene rings is 1. The van der Waals surface area contributed by atoms with Gasteiger partial charge in [-0.05, 0) is 130 Å². The van der Waals surface area contributed by atoms with Crippen LogP contribution in [0.4, 0.5) is 0 Å². The Morgan fingerprint density at radius 1 is 0.800 bits per heavy atom. The maximum Gasteiger partial charge on any atom is 0.311 e. The lowest BCUT2D eigenvalue weighted by Gasteiger charge is -2.53. The number of methoxy groups -OCH3 is 2. The normalized spacial score (nSPS) is 30.7. The van der Waals surface area contributed by atoms with E-state index >= 15 is 0 Å². The molecule has 398 valence electrons. The van der Waals surface area contributed by atoms with Gasteiger partial charge < -0.3 is 46.7 Å². The molecule has 4 saturated heterocycles. The van der Waals surface area contributed by atoms with Gasteiger partial charge in [-0.25, -0.2) is 0 Å². The molecule has 5 rings (SSSR count). The third-order valence-electron chi connectivity index (χ3n) is 16.5. The topological polar surface area (TPSA) is 126 Å². The average Bonchev–Trinajstić information content (AvgIpc) is 3.62. The number of ether oxygens (including phenoxy) is 8. The van der Waals surface area contributed by atoms with Gasteiger partial charge in [-0.15, -0.1) is 0 Å². The first kappa shape index (κ1) is 58.5. The smallest absolute Gasteiger partial charge is 0.311 e. The Labute approximate surface area is 425 Å². The van der Waals surface area contributed by atoms with E-state index in [0.717, 1.165) is 35.3 Å². The summed E-state index contributed by atoms with van der Waals surface area (Å²) in [5, 5.41) is 0.103. The van der Waals surface area contributed by atoms with Crippen LogP contribution in [-0.2, 0) is 58.2 Å². The maximum atomic E-state index is 13.8. The molecule has 4 aliphatic heterocycles. The summed E-state index contributed by atoms with van der Waals surface area (Å²) in [7, 11) is -1.12. The summed E-state index contributed by atoms with van der Waals surface area (Å²) in [5.41, 5.74) is 2.40. The molecule has 0 saturated carbocycles. The zero-order valence-corrected chi connectivity index (χ0v) is 48.4. The van der Waals surface area contributed by atoms with E-state index in [1.165, 1.54) is 7.11 Å². The Kier molecular flexibility index (Phi) is 19.9. The van der Waals surface area contributed by atoms with Gasteiger partial charge in [0.1, 0.15) is 5.75 Å². The van der Waals surface area contributed by atoms with Gasteiger partial charge in [-0.1, -0.05) is 80.7 Å². The van der Waals surface area contributed by atoms with Crippen LogP contribution in [0.15, 0.2) is 48.6 Å². The molecule has 1 aromatic carbocycles. The minimum atomic E-state index is -2.22. The summed E-state index contributed by atoms with van der Waals surface area (Å²) < 4.78 is 65.6. The highest BCUT2D eigenvalue weighted by molar-refractivity contribution is 6.74. The molecular weight excluding hydrogens is 921 g/mol. The summed E-state index contributed by atoms with van der Waals surface area (Å²) in [6, 6.07) is 7.97. The van der Waals surface area contributed by atoms with Crippen molar-refractivity contribution in [3.8, 4) is 5.75 Å². The fourth-order valence-corrected chi connectivity index (χ4v) is 12.2. The van der Waals surface area contributed by atoms with Gasteiger partial charge in [0.05, 0.1) is 99.8 Å². The lowest BCUT2D eigenvalue weighted by Crippen LogP contribution is -2.62. The summed E-state index contributed by atoms with van der Waals surface area (Å²) in [4.78, 5) is 26.1. The van der Waals surface area contributed by atoms with Crippen molar-refractivity contribution in [3.05, 3.63) is 54.1 Å². The number of carbonyl (C=O) groups excluding carboxylic acids is 2. The van der Waals surface area contributed by atoms with Gasteiger partial charge in [0, 0.05) is 25.4 Å². The summed E-state index contributed by atoms with van der Waals surface area (Å²) in [6.07, 6.45) is 2.17. The Balaban J connectivity index is 1.37. The molecule has 1 unspecified atom stereocenters. The van der Waals surface area contributed by atoms with Crippen LogP contribution in [0.1, 0.15) is 133 Å². The highest BCUT2D eigenvalue weighted by Gasteiger charge is 2.53. The SMILES string of the molecule is C=C1C[C@H](CCCOC(=O)C(C)(C)C)O[C@H]1CC(C(=O)OC)[C@H]1C[C@@H](C)C(=C)[C@@H](C[C@@H]2O[C@H]3C[C@@H](O[Si](C)(C)C(C)(C)C)[C@@H](CCO[Si](C)(C)C(C)(C)C)O[C@H]3[C@H](C)[C@H]2OCc2ccc(OC)cc2)O1. The monoisotopic (exact) mass is 1010 g/mol. The number of hydrogen-bond donors (Lipinski definition) is 0. The van der Waals surface area contributed by atoms with E-state index in [1.807, 2.05) is 45.0 Å². The number of hydrogen-bond acceptors (Lipinski definition) is 12. The van der Waals surface area contributed by atoms with E-state index in [1.54, 1.807) is 7.11 Å². The van der Waals surface area contributed by atoms with Crippen LogP contribution in [0.3, 0.4) is 0 Å². The van der Waals surface area contributed by atoms with Crippen LogP contribution in [-0.4, -0.2) is 117 Å². The average molecular weight is 1020 g/mol. The quantitative estimate of drug-likeness (QED) is 0.0534. The molecule has 0 aromatic heterocycles. The second kappa shape index (κ2) is 23.9. The first-order valence-corrected chi connectivity index (χ1v) is 32.1. The minimum Gasteiger partial charge on any atom is -0.497 e. The van der Waals surface area contributed by atoms with Crippen molar-refractivity contribution in [1.29, 1.82) is 0 Å². The molecule has 70 heavy (non-hydrogen) atoms. The van der Waals surface area contributed by atoms with Crippen LogP contribution < -0.4 is 4.74 Å². The van der Waals surface area contributed by atoms with Crippen molar-refractivity contribution in [1.82, 2.24) is 0 Å². The predicted molar refractivity (Wildman–Crippen MR) is 281 cm³/mol. The van der Waals surface area contributed by atoms with Crippen LogP contribution in [0.2, 0.25) is 36.3 Å². The summed E-state index contributed by atoms with van der Waals surface area (Å²) >= 11 is 0. The van der Waals surface area contributed by atoms with E-state index in [0.29, 0.717) is 58.3 Å². The molecule has 0 spiro atoms. The fourth-order valence-electron chi connectivity index (χ4n) is 9.77. The zero-order valence-electron chi connectivity index (χ0n) is 46.4. The molecule has 0 aliphatic carbocycles. The Bertz CT molecular complexity index is 1900. The minimum absolute atomic E-state index is 0.00630. The molecule has 13 atom stereocenters. The standard InChI is InChI=1S/C56H94O12Si2/c1-35-30-46(42(52(57)60-15)31-44-36(2)29-41(64-44)21-20-27-61-53(58)54(5,6)7)65-45(37(35)3)32-48-50(62-34-39-22-24-40(59-14)25-23-39)38(4)51-49(66-48)33-47(68-70(18,19)56(11,12)13)43(67-51)26-28-63-69(16,17)55(8,9)10/h22-25,35,38,41-51H,2-3,20-21,26-34H2,1,4-19H3/t35-,38-,41+,42?,43-,44+,45-,46-,47-,48+,49+,50-,51+/m1/s1. The van der Waals surface area contributed by atoms with Gasteiger partial charge in [0.25, 0.3) is 0 Å². The number of carbonyl (C=O) groups is 2. The molecule has 4 fully saturated rings. The zero-order chi connectivity index (χ0) is 52.1. The Hall–Kier alpha value is -2.41. The second-order valence-corrected chi connectivity index (χ2v) is 34.6. The Morgan fingerprint density at radius 2 is 1.46 bits per heavy atom. The maximum absolute atomic E-state index is 13.8. The molecule has 12 nitrogen and oxygen atoms in total. The van der Waals surface area contributed by atoms with E-state index < -0.39 is 40.2 Å². The molecule has 1 aromatic rings. The van der Waals surface area contributed by atoms with E-state index in [9.17, 15) is 9.59 Å². The summed E-state index contributed by atoms with van der Waals surface area (Å²) in [6.45, 7) is 43.1. The van der Waals surface area contributed by atoms with E-state index in [4.69, 9.17) is 46.7 Å². The van der Waals surface area contributed by atoms with E-state index in [-0.39, 0.29) is 82.7 Å². The predicted octanol–water partition coefficient (Wildman–Crippen LogP) is 11.9. The highest BCUT2D eigenvalue weighted by Crippen LogP contribution is 2.46. The van der Waals surface area contributed by atoms with Crippen LogP contribution in [0.5, 0.6) is 5.75 Å². The molecule has 0 radical (unpaired) electrons. The summed E-state index contributed by atoms with van der Waals surface area (Å²) in [5.74, 6) is -0.335. The van der Waals surface area contributed by atoms with Gasteiger partial charge in [-0.2, -0.15) is 0 Å². The van der Waals surface area contributed by atoms with Crippen LogP contribution in [0.25, 0.3) is 0 Å². The fraction of sp³-hybridized carbons (Fsp3) is 0.786. The molecule has 0 N–H and O–H groups in total. The van der Waals surface area contributed by atoms with Gasteiger partial charge in [0.15, 0.2) is 16.6 Å². The van der Waals surface area contributed by atoms with Crippen molar-refractivity contribution in [2.24, 2.45) is 23.2 Å². The van der Waals surface area contributed by atoms with Crippen LogP contribution in [0, 0.1) is 23.2 Å².